The number of ether oxygens (including phenoxy) is 4. The molecule has 0 amide bonds. The van der Waals surface area contributed by atoms with Gasteiger partial charge in [0.1, 0.15) is 18.1 Å². The maximum absolute atomic E-state index is 12.3. The van der Waals surface area contributed by atoms with Gasteiger partial charge in [0.15, 0.2) is 0 Å². The van der Waals surface area contributed by atoms with Crippen molar-refractivity contribution in [1.82, 2.24) is 0 Å². The predicted molar refractivity (Wildman–Crippen MR) is 103 cm³/mol. The number of halogens is 1. The van der Waals surface area contributed by atoms with E-state index in [9.17, 15) is 9.59 Å². The van der Waals surface area contributed by atoms with Gasteiger partial charge in [-0.15, -0.1) is 0 Å². The van der Waals surface area contributed by atoms with Crippen LogP contribution in [0.25, 0.3) is 0 Å². The number of carbonyl (C=O) groups is 2. The Kier molecular flexibility index (Phi) is 8.29. The minimum absolute atomic E-state index is 0.179. The molecule has 0 aliphatic carbocycles. The molecule has 0 unspecified atom stereocenters. The molecular weight excluding hydrogens is 416 g/mol. The summed E-state index contributed by atoms with van der Waals surface area (Å²) in [7, 11) is 1.53. The molecule has 2 aromatic carbocycles. The van der Waals surface area contributed by atoms with Crippen LogP contribution in [0.2, 0.25) is 0 Å². The fourth-order valence-electron chi connectivity index (χ4n) is 2.08. The summed E-state index contributed by atoms with van der Waals surface area (Å²) in [6.45, 7) is 3.13. The largest absolute Gasteiger partial charge is 0.492 e. The van der Waals surface area contributed by atoms with Crippen LogP contribution >= 0.6 is 15.9 Å². The van der Waals surface area contributed by atoms with Gasteiger partial charge in [-0.1, -0.05) is 6.92 Å². The van der Waals surface area contributed by atoms with Gasteiger partial charge in [0, 0.05) is 7.11 Å². The van der Waals surface area contributed by atoms with Gasteiger partial charge in [-0.3, -0.25) is 0 Å². The van der Waals surface area contributed by atoms with Crippen molar-refractivity contribution in [1.29, 1.82) is 0 Å². The number of benzene rings is 2. The van der Waals surface area contributed by atoms with Crippen molar-refractivity contribution in [2.75, 3.05) is 26.9 Å². The highest BCUT2D eigenvalue weighted by Gasteiger charge is 2.13. The Bertz CT molecular complexity index is 773. The highest BCUT2D eigenvalue weighted by atomic mass is 79.9. The van der Waals surface area contributed by atoms with Gasteiger partial charge < -0.3 is 18.9 Å². The second kappa shape index (κ2) is 10.7. The van der Waals surface area contributed by atoms with Gasteiger partial charge in [-0.05, 0) is 64.8 Å². The van der Waals surface area contributed by atoms with Gasteiger partial charge in [-0.25, -0.2) is 9.59 Å². The molecule has 0 radical (unpaired) electrons. The van der Waals surface area contributed by atoms with Gasteiger partial charge >= 0.3 is 11.9 Å². The molecule has 6 nitrogen and oxygen atoms in total. The highest BCUT2D eigenvalue weighted by Crippen LogP contribution is 2.27. The Morgan fingerprint density at radius 2 is 1.63 bits per heavy atom. The van der Waals surface area contributed by atoms with E-state index in [4.69, 9.17) is 18.9 Å². The standard InChI is InChI=1S/C20H21BrO6/c1-3-10-25-18-9-6-15(13-17(18)21)20(23)27-16-7-4-14(5-8-16)19(22)26-12-11-24-2/h4-9,13H,3,10-12H2,1-2H3. The monoisotopic (exact) mass is 436 g/mol. The third kappa shape index (κ3) is 6.37. The second-order valence-corrected chi connectivity index (χ2v) is 6.39. The average Bonchev–Trinajstić information content (AvgIpc) is 2.67. The van der Waals surface area contributed by atoms with Crippen LogP contribution in [0.15, 0.2) is 46.9 Å². The lowest BCUT2D eigenvalue weighted by atomic mass is 10.2. The maximum Gasteiger partial charge on any atom is 0.343 e. The minimum Gasteiger partial charge on any atom is -0.492 e. The summed E-state index contributed by atoms with van der Waals surface area (Å²) in [5, 5.41) is 0. The van der Waals surface area contributed by atoms with Crippen LogP contribution in [0.5, 0.6) is 11.5 Å². The van der Waals surface area contributed by atoms with E-state index in [-0.39, 0.29) is 6.61 Å². The number of methoxy groups -OCH3 is 1. The molecule has 0 saturated carbocycles. The zero-order chi connectivity index (χ0) is 19.6. The maximum atomic E-state index is 12.3. The first-order chi connectivity index (χ1) is 13.0. The summed E-state index contributed by atoms with van der Waals surface area (Å²) in [5.41, 5.74) is 0.750. The molecule has 0 aromatic heterocycles. The van der Waals surface area contributed by atoms with Crippen molar-refractivity contribution >= 4 is 27.9 Å². The van der Waals surface area contributed by atoms with Crippen molar-refractivity contribution < 1.29 is 28.5 Å². The molecule has 0 saturated heterocycles. The number of hydrogen-bond acceptors (Lipinski definition) is 6. The van der Waals surface area contributed by atoms with Crippen molar-refractivity contribution in [2.45, 2.75) is 13.3 Å². The highest BCUT2D eigenvalue weighted by molar-refractivity contribution is 9.10. The Morgan fingerprint density at radius 3 is 2.26 bits per heavy atom. The van der Waals surface area contributed by atoms with E-state index in [2.05, 4.69) is 15.9 Å². The van der Waals surface area contributed by atoms with E-state index in [1.165, 1.54) is 19.2 Å². The number of esters is 2. The van der Waals surface area contributed by atoms with E-state index in [0.717, 1.165) is 6.42 Å². The molecule has 0 atom stereocenters. The molecule has 0 N–H and O–H groups in total. The topological polar surface area (TPSA) is 71.1 Å². The van der Waals surface area contributed by atoms with Gasteiger partial charge in [0.2, 0.25) is 0 Å². The molecule has 0 heterocycles. The molecule has 2 aromatic rings. The third-order valence-corrected chi connectivity index (χ3v) is 4.07. The molecular formula is C20H21BrO6. The molecule has 144 valence electrons. The van der Waals surface area contributed by atoms with Crippen LogP contribution in [-0.4, -0.2) is 38.9 Å². The fraction of sp³-hybridized carbons (Fsp3) is 0.300. The summed E-state index contributed by atoms with van der Waals surface area (Å²) in [6, 6.07) is 11.2. The summed E-state index contributed by atoms with van der Waals surface area (Å²) in [6.07, 6.45) is 0.895. The van der Waals surface area contributed by atoms with Gasteiger partial charge in [0.25, 0.3) is 0 Å². The SMILES string of the molecule is CCCOc1ccc(C(=O)Oc2ccc(C(=O)OCCOC)cc2)cc1Br. The zero-order valence-corrected chi connectivity index (χ0v) is 16.8. The minimum atomic E-state index is -0.506. The Morgan fingerprint density at radius 1 is 0.926 bits per heavy atom. The third-order valence-electron chi connectivity index (χ3n) is 3.45. The van der Waals surface area contributed by atoms with Crippen LogP contribution in [0.1, 0.15) is 34.1 Å². The lowest BCUT2D eigenvalue weighted by Crippen LogP contribution is -2.11. The van der Waals surface area contributed by atoms with Crippen LogP contribution < -0.4 is 9.47 Å². The van der Waals surface area contributed by atoms with E-state index in [1.807, 2.05) is 6.92 Å². The summed E-state index contributed by atoms with van der Waals surface area (Å²) < 4.78 is 21.4. The number of hydrogen-bond donors (Lipinski definition) is 0. The van der Waals surface area contributed by atoms with E-state index in [0.29, 0.717) is 40.3 Å². The first-order valence-electron chi connectivity index (χ1n) is 8.45. The normalized spacial score (nSPS) is 10.3. The Hall–Kier alpha value is -2.38. The van der Waals surface area contributed by atoms with Crippen LogP contribution in [0.3, 0.4) is 0 Å². The van der Waals surface area contributed by atoms with Crippen molar-refractivity contribution in [3.05, 3.63) is 58.1 Å². The van der Waals surface area contributed by atoms with Gasteiger partial charge in [0.05, 0.1) is 28.8 Å². The average molecular weight is 437 g/mol. The summed E-state index contributed by atoms with van der Waals surface area (Å²) >= 11 is 3.39. The first kappa shape index (κ1) is 20.9. The number of carbonyl (C=O) groups excluding carboxylic acids is 2. The molecule has 7 heteroatoms. The van der Waals surface area contributed by atoms with E-state index in [1.54, 1.807) is 30.3 Å². The van der Waals surface area contributed by atoms with Crippen LogP contribution in [0, 0.1) is 0 Å². The quantitative estimate of drug-likeness (QED) is 0.332. The van der Waals surface area contributed by atoms with Crippen LogP contribution in [-0.2, 0) is 9.47 Å². The van der Waals surface area contributed by atoms with Crippen molar-refractivity contribution in [3.63, 3.8) is 0 Å². The smallest absolute Gasteiger partial charge is 0.343 e. The summed E-state index contributed by atoms with van der Waals surface area (Å²) in [4.78, 5) is 24.1. The molecule has 0 aliphatic heterocycles. The first-order valence-corrected chi connectivity index (χ1v) is 9.25. The van der Waals surface area contributed by atoms with Crippen molar-refractivity contribution in [2.24, 2.45) is 0 Å². The Balaban J connectivity index is 1.97. The lowest BCUT2D eigenvalue weighted by molar-refractivity contribution is 0.0388. The fourth-order valence-corrected chi connectivity index (χ4v) is 2.58. The summed E-state index contributed by atoms with van der Waals surface area (Å²) in [5.74, 6) is 0.0327. The lowest BCUT2D eigenvalue weighted by Gasteiger charge is -2.09. The predicted octanol–water partition coefficient (Wildman–Crippen LogP) is 4.26. The van der Waals surface area contributed by atoms with Crippen molar-refractivity contribution in [3.8, 4) is 11.5 Å². The number of rotatable bonds is 9. The molecule has 0 aliphatic rings. The van der Waals surface area contributed by atoms with Crippen LogP contribution in [0.4, 0.5) is 0 Å². The second-order valence-electron chi connectivity index (χ2n) is 5.54. The molecule has 27 heavy (non-hydrogen) atoms. The molecule has 0 bridgehead atoms. The molecule has 0 fully saturated rings. The van der Waals surface area contributed by atoms with E-state index >= 15 is 0 Å². The molecule has 2 rings (SSSR count). The molecule has 0 spiro atoms. The Labute approximate surface area is 166 Å². The van der Waals surface area contributed by atoms with E-state index < -0.39 is 11.9 Å². The van der Waals surface area contributed by atoms with Gasteiger partial charge in [-0.2, -0.15) is 0 Å². The zero-order valence-electron chi connectivity index (χ0n) is 15.2.